The van der Waals surface area contributed by atoms with Crippen LogP contribution in [0, 0.1) is 0 Å². The lowest BCUT2D eigenvalue weighted by molar-refractivity contribution is 0.00578. The second kappa shape index (κ2) is 3.11. The Kier molecular flexibility index (Phi) is 2.28. The van der Waals surface area contributed by atoms with Gasteiger partial charge < -0.3 is 9.31 Å². The first-order chi connectivity index (χ1) is 6.42. The lowest BCUT2D eigenvalue weighted by atomic mass is 9.72. The zero-order valence-electron chi connectivity index (χ0n) is 9.54. The first kappa shape index (κ1) is 10.2. The molecule has 1 heterocycles. The molecule has 0 radical (unpaired) electrons. The molecule has 0 aromatic carbocycles. The molecule has 0 amide bonds. The molecule has 2 rings (SSSR count). The number of hydrogen-bond donors (Lipinski definition) is 0. The molecule has 2 aliphatic rings. The van der Waals surface area contributed by atoms with Crippen LogP contribution in [0.15, 0.2) is 12.2 Å². The van der Waals surface area contributed by atoms with Gasteiger partial charge in [0.2, 0.25) is 0 Å². The predicted molar refractivity (Wildman–Crippen MR) is 58.2 cm³/mol. The minimum atomic E-state index is -0.186. The Bertz CT molecular complexity index is 242. The first-order valence-corrected chi connectivity index (χ1v) is 5.45. The van der Waals surface area contributed by atoms with Crippen molar-refractivity contribution in [3.8, 4) is 0 Å². The Balaban J connectivity index is 2.09. The van der Waals surface area contributed by atoms with Crippen molar-refractivity contribution in [1.29, 1.82) is 0 Å². The lowest BCUT2D eigenvalue weighted by Crippen LogP contribution is -2.41. The van der Waals surface area contributed by atoms with Gasteiger partial charge >= 0.3 is 7.12 Å². The molecule has 1 fully saturated rings. The highest BCUT2D eigenvalue weighted by Crippen LogP contribution is 2.42. The largest absolute Gasteiger partial charge is 0.465 e. The fourth-order valence-electron chi connectivity index (χ4n) is 1.95. The molecule has 14 heavy (non-hydrogen) atoms. The summed E-state index contributed by atoms with van der Waals surface area (Å²) in [5, 5.41) is 0. The fraction of sp³-hybridized carbons (Fsp3) is 0.818. The number of allylic oxidation sites excluding steroid dienone is 2. The van der Waals surface area contributed by atoms with Crippen LogP contribution in [0.5, 0.6) is 0 Å². The van der Waals surface area contributed by atoms with Crippen LogP contribution in [0.25, 0.3) is 0 Å². The monoisotopic (exact) mass is 194 g/mol. The summed E-state index contributed by atoms with van der Waals surface area (Å²) in [6.45, 7) is 8.41. The van der Waals surface area contributed by atoms with Crippen LogP contribution in [0.2, 0.25) is 5.82 Å². The summed E-state index contributed by atoms with van der Waals surface area (Å²) in [5.41, 5.74) is -0.373. The normalized spacial score (nSPS) is 34.0. The van der Waals surface area contributed by atoms with Gasteiger partial charge in [-0.2, -0.15) is 0 Å². The SMILES string of the molecule is CC1(C)OB([C@@H]2C=CCC2)OC1(C)C. The van der Waals surface area contributed by atoms with E-state index in [1.165, 1.54) is 0 Å². The third-order valence-electron chi connectivity index (χ3n) is 3.67. The minimum Gasteiger partial charge on any atom is -0.403 e. The maximum atomic E-state index is 5.97. The van der Waals surface area contributed by atoms with E-state index in [9.17, 15) is 0 Å². The molecule has 0 aromatic rings. The number of rotatable bonds is 1. The minimum absolute atomic E-state index is 0.0428. The molecule has 1 saturated heterocycles. The fourth-order valence-corrected chi connectivity index (χ4v) is 1.95. The van der Waals surface area contributed by atoms with Crippen LogP contribution in [0.3, 0.4) is 0 Å². The van der Waals surface area contributed by atoms with Crippen LogP contribution in [0.4, 0.5) is 0 Å². The summed E-state index contributed by atoms with van der Waals surface area (Å²) >= 11 is 0. The van der Waals surface area contributed by atoms with Crippen LogP contribution in [-0.2, 0) is 9.31 Å². The zero-order chi connectivity index (χ0) is 10.4. The van der Waals surface area contributed by atoms with Crippen molar-refractivity contribution >= 4 is 7.12 Å². The third-order valence-corrected chi connectivity index (χ3v) is 3.67. The van der Waals surface area contributed by atoms with Crippen LogP contribution < -0.4 is 0 Å². The van der Waals surface area contributed by atoms with Crippen molar-refractivity contribution in [3.63, 3.8) is 0 Å². The van der Waals surface area contributed by atoms with Gasteiger partial charge in [0.15, 0.2) is 0 Å². The van der Waals surface area contributed by atoms with Gasteiger partial charge in [0.25, 0.3) is 0 Å². The molecule has 2 nitrogen and oxygen atoms in total. The molecule has 0 N–H and O–H groups in total. The Morgan fingerprint density at radius 1 is 1.14 bits per heavy atom. The third kappa shape index (κ3) is 1.53. The Morgan fingerprint density at radius 3 is 2.14 bits per heavy atom. The van der Waals surface area contributed by atoms with E-state index in [1.54, 1.807) is 0 Å². The number of hydrogen-bond acceptors (Lipinski definition) is 2. The standard InChI is InChI=1S/C11H19BO2/c1-10(2)11(3,4)14-12(13-10)9-7-5-6-8-9/h5,7,9H,6,8H2,1-4H3/t9-/m1/s1. The molecule has 78 valence electrons. The highest BCUT2D eigenvalue weighted by Gasteiger charge is 2.53. The summed E-state index contributed by atoms with van der Waals surface area (Å²) in [4.78, 5) is 0. The van der Waals surface area contributed by atoms with Crippen molar-refractivity contribution in [3.05, 3.63) is 12.2 Å². The predicted octanol–water partition coefficient (Wildman–Crippen LogP) is 2.80. The van der Waals surface area contributed by atoms with Gasteiger partial charge in [-0.3, -0.25) is 0 Å². The maximum Gasteiger partial charge on any atom is 0.465 e. The Hall–Kier alpha value is -0.275. The van der Waals surface area contributed by atoms with Gasteiger partial charge in [-0.1, -0.05) is 12.2 Å². The first-order valence-electron chi connectivity index (χ1n) is 5.45. The van der Waals surface area contributed by atoms with E-state index >= 15 is 0 Å². The van der Waals surface area contributed by atoms with Crippen LogP contribution in [0.1, 0.15) is 40.5 Å². The lowest BCUT2D eigenvalue weighted by Gasteiger charge is -2.32. The quantitative estimate of drug-likeness (QED) is 0.472. The summed E-state index contributed by atoms with van der Waals surface area (Å²) in [7, 11) is -0.0428. The second-order valence-corrected chi connectivity index (χ2v) is 5.29. The van der Waals surface area contributed by atoms with E-state index in [4.69, 9.17) is 9.31 Å². The summed E-state index contributed by atoms with van der Waals surface area (Å²) in [5.74, 6) is 0.455. The highest BCUT2D eigenvalue weighted by atomic mass is 16.7. The Labute approximate surface area is 86.8 Å². The molecule has 0 aromatic heterocycles. The molecule has 1 aliphatic heterocycles. The van der Waals surface area contributed by atoms with Gasteiger partial charge in [-0.05, 0) is 40.5 Å². The average Bonchev–Trinajstić information content (AvgIpc) is 2.58. The van der Waals surface area contributed by atoms with Gasteiger partial charge in [0, 0.05) is 5.82 Å². The molecule has 1 aliphatic carbocycles. The van der Waals surface area contributed by atoms with Crippen LogP contribution >= 0.6 is 0 Å². The molecule has 0 spiro atoms. The molecule has 0 unspecified atom stereocenters. The summed E-state index contributed by atoms with van der Waals surface area (Å²) in [6.07, 6.45) is 6.77. The second-order valence-electron chi connectivity index (χ2n) is 5.29. The van der Waals surface area contributed by atoms with Crippen molar-refractivity contribution in [2.75, 3.05) is 0 Å². The average molecular weight is 194 g/mol. The molecular weight excluding hydrogens is 175 g/mol. The van der Waals surface area contributed by atoms with E-state index in [2.05, 4.69) is 39.8 Å². The van der Waals surface area contributed by atoms with Crippen molar-refractivity contribution in [2.45, 2.75) is 57.6 Å². The molecule has 3 heteroatoms. The van der Waals surface area contributed by atoms with Gasteiger partial charge in [0.05, 0.1) is 11.2 Å². The molecular formula is C11H19BO2. The maximum absolute atomic E-state index is 5.97. The molecule has 0 bridgehead atoms. The van der Waals surface area contributed by atoms with Gasteiger partial charge in [0.1, 0.15) is 0 Å². The van der Waals surface area contributed by atoms with Crippen molar-refractivity contribution < 1.29 is 9.31 Å². The summed E-state index contributed by atoms with van der Waals surface area (Å²) in [6, 6.07) is 0. The van der Waals surface area contributed by atoms with E-state index in [0.717, 1.165) is 12.8 Å². The highest BCUT2D eigenvalue weighted by molar-refractivity contribution is 6.48. The molecule has 0 saturated carbocycles. The van der Waals surface area contributed by atoms with Crippen LogP contribution in [-0.4, -0.2) is 18.3 Å². The topological polar surface area (TPSA) is 18.5 Å². The van der Waals surface area contributed by atoms with E-state index < -0.39 is 0 Å². The van der Waals surface area contributed by atoms with E-state index in [0.29, 0.717) is 5.82 Å². The van der Waals surface area contributed by atoms with Gasteiger partial charge in [-0.25, -0.2) is 0 Å². The zero-order valence-corrected chi connectivity index (χ0v) is 9.54. The van der Waals surface area contributed by atoms with Crippen molar-refractivity contribution in [2.24, 2.45) is 0 Å². The van der Waals surface area contributed by atoms with Gasteiger partial charge in [-0.15, -0.1) is 0 Å². The van der Waals surface area contributed by atoms with E-state index in [-0.39, 0.29) is 18.3 Å². The van der Waals surface area contributed by atoms with Crippen molar-refractivity contribution in [1.82, 2.24) is 0 Å². The molecule has 1 atom stereocenters. The van der Waals surface area contributed by atoms with E-state index in [1.807, 2.05) is 0 Å². The smallest absolute Gasteiger partial charge is 0.403 e. The summed E-state index contributed by atoms with van der Waals surface area (Å²) < 4.78 is 11.9. The Morgan fingerprint density at radius 2 is 1.71 bits per heavy atom.